The number of amides is 2. The van der Waals surface area contributed by atoms with Crippen LogP contribution in [0.1, 0.15) is 59.3 Å². The average molecular weight is 477 g/mol. The number of fused-ring (bicyclic) bond motifs is 2. The molecule has 0 aromatic carbocycles. The van der Waals surface area contributed by atoms with E-state index >= 15 is 0 Å². The molecule has 0 aromatic rings. The van der Waals surface area contributed by atoms with Crippen LogP contribution in [0.2, 0.25) is 0 Å². The zero-order valence-electron chi connectivity index (χ0n) is 20.7. The van der Waals surface area contributed by atoms with E-state index in [4.69, 9.17) is 0 Å². The Hall–Kier alpha value is -1.29. The second-order valence-electron chi connectivity index (χ2n) is 8.32. The fourth-order valence-electron chi connectivity index (χ4n) is 4.47. The van der Waals surface area contributed by atoms with Crippen molar-refractivity contribution in [3.05, 3.63) is 12.7 Å². The summed E-state index contributed by atoms with van der Waals surface area (Å²) in [7, 11) is 0.167. The molecule has 3 unspecified atom stereocenters. The van der Waals surface area contributed by atoms with Gasteiger partial charge in [-0.25, -0.2) is 9.79 Å². The minimum absolute atomic E-state index is 0.0959. The van der Waals surface area contributed by atoms with Crippen LogP contribution >= 0.6 is 10.7 Å². The van der Waals surface area contributed by atoms with Gasteiger partial charge in [-0.15, -0.1) is 17.2 Å². The summed E-state index contributed by atoms with van der Waals surface area (Å²) >= 11 is 0. The van der Waals surface area contributed by atoms with Crippen molar-refractivity contribution in [2.24, 2.45) is 0 Å². The predicted octanol–water partition coefficient (Wildman–Crippen LogP) is 3.46. The molecule has 0 saturated carbocycles. The average Bonchev–Trinajstić information content (AvgIpc) is 3.04. The van der Waals surface area contributed by atoms with Gasteiger partial charge in [0.1, 0.15) is 5.54 Å². The maximum Gasteiger partial charge on any atom is 0.266 e. The minimum Gasteiger partial charge on any atom is -0.338 e. The fraction of sp³-hybridized carbons (Fsp3) is 0.783. The first-order chi connectivity index (χ1) is 15.3. The first-order valence-electron chi connectivity index (χ1n) is 11.5. The molecule has 2 bridgehead atoms. The minimum atomic E-state index is -0.838. The van der Waals surface area contributed by atoms with E-state index in [1.807, 2.05) is 23.6 Å². The third-order valence-electron chi connectivity index (χ3n) is 5.55. The third kappa shape index (κ3) is 8.24. The number of carbonyl (C=O) groups is 2. The number of halogens is 1. The normalized spacial score (nSPS) is 25.6. The lowest BCUT2D eigenvalue weighted by atomic mass is 9.95. The number of nitrogens with one attached hydrogen (secondary N) is 1. The van der Waals surface area contributed by atoms with E-state index in [9.17, 15) is 19.2 Å². The van der Waals surface area contributed by atoms with Gasteiger partial charge in [0.2, 0.25) is 5.91 Å². The second-order valence-corrected chi connectivity index (χ2v) is 9.91. The summed E-state index contributed by atoms with van der Waals surface area (Å²) in [5, 5.41) is 9.23. The summed E-state index contributed by atoms with van der Waals surface area (Å²) in [6.07, 6.45) is 10.1. The second kappa shape index (κ2) is 16.3. The van der Waals surface area contributed by atoms with Gasteiger partial charge in [-0.05, 0) is 52.0 Å². The Morgan fingerprint density at radius 3 is 2.25 bits per heavy atom. The van der Waals surface area contributed by atoms with Crippen molar-refractivity contribution in [2.75, 3.05) is 46.2 Å². The molecule has 3 aliphatic heterocycles. The molecule has 3 heterocycles. The van der Waals surface area contributed by atoms with Crippen LogP contribution in [0, 0.1) is 0 Å². The van der Waals surface area contributed by atoms with Crippen molar-refractivity contribution in [1.82, 2.24) is 19.6 Å². The zero-order valence-corrected chi connectivity index (χ0v) is 21.6. The number of rotatable bonds is 4. The number of hydrogen-bond acceptors (Lipinski definition) is 5. The van der Waals surface area contributed by atoms with E-state index in [0.29, 0.717) is 33.2 Å². The molecule has 3 saturated heterocycles. The first-order valence-corrected chi connectivity index (χ1v) is 13.2. The zero-order chi connectivity index (χ0) is 24.7. The van der Waals surface area contributed by atoms with Crippen molar-refractivity contribution < 1.29 is 19.2 Å². The lowest BCUT2D eigenvalue weighted by Gasteiger charge is -2.48. The van der Waals surface area contributed by atoms with E-state index in [2.05, 4.69) is 35.5 Å². The molecular formula is C23H45FN4O3S. The lowest BCUT2D eigenvalue weighted by molar-refractivity contribution is -0.146. The number of piperidine rings is 1. The SMILES string of the molecule is C=CC.C=S(C)N1C2CCC1(C(=O)NO)CN(C(=O)CN1CCCCC1)C2.CCC.CF. The molecule has 3 rings (SSSR count). The highest BCUT2D eigenvalue weighted by Crippen LogP contribution is 2.44. The number of nitrogens with zero attached hydrogens (tertiary/aromatic N) is 3. The molecule has 0 spiro atoms. The van der Waals surface area contributed by atoms with Gasteiger partial charge < -0.3 is 4.90 Å². The summed E-state index contributed by atoms with van der Waals surface area (Å²) in [6.45, 7) is 12.9. The largest absolute Gasteiger partial charge is 0.338 e. The molecule has 3 fully saturated rings. The van der Waals surface area contributed by atoms with Crippen LogP contribution in [-0.4, -0.2) is 94.7 Å². The van der Waals surface area contributed by atoms with Crippen LogP contribution in [-0.2, 0) is 9.59 Å². The Balaban J connectivity index is 0.00000106. The number of piperazine rings is 1. The highest BCUT2D eigenvalue weighted by atomic mass is 32.2. The molecule has 0 radical (unpaired) electrons. The number of allylic oxidation sites excluding steroid dienone is 1. The van der Waals surface area contributed by atoms with E-state index in [0.717, 1.165) is 32.4 Å². The van der Waals surface area contributed by atoms with Gasteiger partial charge in [0, 0.05) is 19.1 Å². The van der Waals surface area contributed by atoms with Crippen LogP contribution in [0.4, 0.5) is 4.39 Å². The first kappa shape index (κ1) is 30.7. The molecular weight excluding hydrogens is 431 g/mol. The number of hydroxylamine groups is 1. The Morgan fingerprint density at radius 2 is 1.78 bits per heavy atom. The molecule has 7 nitrogen and oxygen atoms in total. The summed E-state index contributed by atoms with van der Waals surface area (Å²) in [6, 6.07) is 0.146. The summed E-state index contributed by atoms with van der Waals surface area (Å²) in [5.41, 5.74) is 0.988. The smallest absolute Gasteiger partial charge is 0.266 e. The van der Waals surface area contributed by atoms with Gasteiger partial charge >= 0.3 is 0 Å². The Morgan fingerprint density at radius 1 is 1.25 bits per heavy atom. The van der Waals surface area contributed by atoms with Gasteiger partial charge in [-0.2, -0.15) is 0 Å². The molecule has 3 atom stereocenters. The lowest BCUT2D eigenvalue weighted by Crippen LogP contribution is -2.66. The van der Waals surface area contributed by atoms with Crippen LogP contribution in [0.3, 0.4) is 0 Å². The van der Waals surface area contributed by atoms with Crippen molar-refractivity contribution >= 4 is 28.4 Å². The molecule has 188 valence electrons. The van der Waals surface area contributed by atoms with Crippen LogP contribution in [0.15, 0.2) is 12.7 Å². The molecule has 0 aliphatic carbocycles. The maximum absolute atomic E-state index is 12.8. The summed E-state index contributed by atoms with van der Waals surface area (Å²) in [4.78, 5) is 29.3. The third-order valence-corrected chi connectivity index (χ3v) is 6.87. The summed E-state index contributed by atoms with van der Waals surface area (Å²) < 4.78 is 11.6. The van der Waals surface area contributed by atoms with Crippen molar-refractivity contribution in [3.8, 4) is 0 Å². The number of likely N-dealkylation sites (tertiary alicyclic amines) is 2. The Labute approximate surface area is 197 Å². The number of alkyl halides is 1. The van der Waals surface area contributed by atoms with Gasteiger partial charge in [0.25, 0.3) is 5.91 Å². The van der Waals surface area contributed by atoms with Gasteiger partial charge in [0.05, 0.1) is 13.7 Å². The predicted molar refractivity (Wildman–Crippen MR) is 134 cm³/mol. The fourth-order valence-corrected chi connectivity index (χ4v) is 5.98. The van der Waals surface area contributed by atoms with E-state index in [-0.39, 0.29) is 22.6 Å². The van der Waals surface area contributed by atoms with Crippen LogP contribution < -0.4 is 5.48 Å². The standard InChI is InChI=1S/C16H28N4O3S.C3H8.C3H6.CH3F/c1-24(2)20-13-6-7-16(20,15(22)17-23)12-19(10-13)14(21)11-18-8-4-3-5-9-18;2*1-3-2;1-2/h13,23H,1,3-12H2,2H3,(H,17,22);3H2,1-2H3;3H,1H2,2H3;1H3. The Kier molecular flexibility index (Phi) is 15.7. The van der Waals surface area contributed by atoms with Crippen LogP contribution in [0.5, 0.6) is 0 Å². The van der Waals surface area contributed by atoms with E-state index in [1.54, 1.807) is 6.08 Å². The van der Waals surface area contributed by atoms with E-state index in [1.165, 1.54) is 12.8 Å². The highest BCUT2D eigenvalue weighted by Gasteiger charge is 2.57. The molecule has 2 amide bonds. The van der Waals surface area contributed by atoms with Gasteiger partial charge in [-0.3, -0.25) is 24.1 Å². The molecule has 3 aliphatic rings. The summed E-state index contributed by atoms with van der Waals surface area (Å²) in [5.74, 6) is 3.79. The monoisotopic (exact) mass is 476 g/mol. The number of hydrogen-bond donors (Lipinski definition) is 2. The topological polar surface area (TPSA) is 76.1 Å². The number of carbonyl (C=O) groups excluding carboxylic acids is 2. The van der Waals surface area contributed by atoms with Crippen LogP contribution in [0.25, 0.3) is 0 Å². The molecule has 0 aromatic heterocycles. The van der Waals surface area contributed by atoms with E-state index < -0.39 is 11.4 Å². The van der Waals surface area contributed by atoms with Crippen molar-refractivity contribution in [1.29, 1.82) is 0 Å². The highest BCUT2D eigenvalue weighted by molar-refractivity contribution is 8.11. The van der Waals surface area contributed by atoms with Crippen molar-refractivity contribution in [2.45, 2.75) is 70.9 Å². The van der Waals surface area contributed by atoms with Gasteiger partial charge in [0.15, 0.2) is 0 Å². The quantitative estimate of drug-likeness (QED) is 0.281. The molecule has 32 heavy (non-hydrogen) atoms. The molecule has 2 N–H and O–H groups in total. The molecule has 9 heteroatoms. The Bertz CT molecular complexity index is 602. The maximum atomic E-state index is 12.8. The van der Waals surface area contributed by atoms with Gasteiger partial charge in [-0.1, -0.05) is 38.6 Å². The van der Waals surface area contributed by atoms with Crippen molar-refractivity contribution in [3.63, 3.8) is 0 Å².